The van der Waals surface area contributed by atoms with Crippen molar-refractivity contribution in [2.24, 2.45) is 0 Å². The second-order valence-electron chi connectivity index (χ2n) is 5.67. The fraction of sp³-hybridized carbons (Fsp3) is 0.200. The number of carbonyl (C=O) groups excluding carboxylic acids is 2. The Morgan fingerprint density at radius 3 is 2.61 bits per heavy atom. The third-order valence-corrected chi connectivity index (χ3v) is 3.79. The predicted molar refractivity (Wildman–Crippen MR) is 108 cm³/mol. The monoisotopic (exact) mass is 406 g/mol. The molecule has 0 aliphatic carbocycles. The lowest BCUT2D eigenvalue weighted by atomic mass is 10.2. The third-order valence-electron chi connectivity index (χ3n) is 3.51. The summed E-state index contributed by atoms with van der Waals surface area (Å²) in [6.45, 7) is 3.53. The van der Waals surface area contributed by atoms with Gasteiger partial charge in [-0.2, -0.15) is 0 Å². The Balaban J connectivity index is 2.15. The van der Waals surface area contributed by atoms with Crippen molar-refractivity contribution in [2.75, 3.05) is 24.4 Å². The van der Waals surface area contributed by atoms with Gasteiger partial charge < -0.3 is 20.1 Å². The zero-order valence-corrected chi connectivity index (χ0v) is 16.4. The zero-order valence-electron chi connectivity index (χ0n) is 15.6. The Kier molecular flexibility index (Phi) is 7.40. The molecule has 0 saturated carbocycles. The first-order chi connectivity index (χ1) is 13.3. The van der Waals surface area contributed by atoms with E-state index in [-0.39, 0.29) is 5.69 Å². The van der Waals surface area contributed by atoms with Crippen LogP contribution in [0.15, 0.2) is 36.4 Å². The summed E-state index contributed by atoms with van der Waals surface area (Å²) in [6.07, 6.45) is 2.86. The quantitative estimate of drug-likeness (QED) is 0.664. The summed E-state index contributed by atoms with van der Waals surface area (Å²) in [5.41, 5.74) is 0.961. The maximum absolute atomic E-state index is 13.7. The first kappa shape index (κ1) is 21.2. The van der Waals surface area contributed by atoms with E-state index in [1.165, 1.54) is 32.2 Å². The average molecular weight is 407 g/mol. The normalized spacial score (nSPS) is 10.6. The summed E-state index contributed by atoms with van der Waals surface area (Å²) >= 11 is 6.18. The standard InChI is InChI=1S/C20H20ClFN2O4/c1-4-28-18-10-13(9-15(21)20(18)27-3)5-8-19(26)24-14-6-7-16(22)17(11-14)23-12(2)25/h5-11H,4H2,1-3H3,(H,23,25)(H,24,26)/b8-5+. The van der Waals surface area contributed by atoms with Crippen molar-refractivity contribution in [2.45, 2.75) is 13.8 Å². The Morgan fingerprint density at radius 1 is 1.21 bits per heavy atom. The molecule has 0 fully saturated rings. The number of benzene rings is 2. The highest BCUT2D eigenvalue weighted by Crippen LogP contribution is 2.36. The third kappa shape index (κ3) is 5.72. The topological polar surface area (TPSA) is 76.7 Å². The molecule has 0 heterocycles. The molecule has 28 heavy (non-hydrogen) atoms. The van der Waals surface area contributed by atoms with Crippen molar-refractivity contribution >= 4 is 40.9 Å². The van der Waals surface area contributed by atoms with Crippen molar-refractivity contribution in [1.82, 2.24) is 0 Å². The minimum Gasteiger partial charge on any atom is -0.491 e. The van der Waals surface area contributed by atoms with E-state index < -0.39 is 17.6 Å². The molecule has 2 aromatic rings. The highest BCUT2D eigenvalue weighted by atomic mass is 35.5. The van der Waals surface area contributed by atoms with Crippen molar-refractivity contribution in [3.05, 3.63) is 52.8 Å². The molecule has 0 spiro atoms. The van der Waals surface area contributed by atoms with E-state index in [1.807, 2.05) is 6.92 Å². The van der Waals surface area contributed by atoms with Crippen molar-refractivity contribution in [3.63, 3.8) is 0 Å². The summed E-state index contributed by atoms with van der Waals surface area (Å²) in [5, 5.41) is 5.31. The summed E-state index contributed by atoms with van der Waals surface area (Å²) in [6, 6.07) is 7.22. The molecule has 0 unspecified atom stereocenters. The molecule has 0 aliphatic rings. The molecule has 8 heteroatoms. The molecule has 148 valence electrons. The van der Waals surface area contributed by atoms with Crippen LogP contribution in [0.3, 0.4) is 0 Å². The van der Waals surface area contributed by atoms with Crippen LogP contribution in [-0.4, -0.2) is 25.5 Å². The van der Waals surface area contributed by atoms with E-state index in [1.54, 1.807) is 18.2 Å². The lowest BCUT2D eigenvalue weighted by molar-refractivity contribution is -0.114. The first-order valence-corrected chi connectivity index (χ1v) is 8.78. The summed E-state index contributed by atoms with van der Waals surface area (Å²) in [7, 11) is 1.49. The highest BCUT2D eigenvalue weighted by Gasteiger charge is 2.11. The average Bonchev–Trinajstić information content (AvgIpc) is 2.62. The number of rotatable bonds is 7. The molecule has 2 rings (SSSR count). The van der Waals surface area contributed by atoms with E-state index in [9.17, 15) is 14.0 Å². The highest BCUT2D eigenvalue weighted by molar-refractivity contribution is 6.32. The predicted octanol–water partition coefficient (Wildman–Crippen LogP) is 4.50. The number of ether oxygens (including phenoxy) is 2. The maximum atomic E-state index is 13.7. The van der Waals surface area contributed by atoms with Crippen LogP contribution in [0.1, 0.15) is 19.4 Å². The van der Waals surface area contributed by atoms with Gasteiger partial charge in [0.2, 0.25) is 11.8 Å². The molecule has 6 nitrogen and oxygen atoms in total. The van der Waals surface area contributed by atoms with E-state index >= 15 is 0 Å². The zero-order chi connectivity index (χ0) is 20.7. The van der Waals surface area contributed by atoms with Gasteiger partial charge in [-0.3, -0.25) is 9.59 Å². The number of amides is 2. The van der Waals surface area contributed by atoms with Crippen molar-refractivity contribution in [1.29, 1.82) is 0 Å². The first-order valence-electron chi connectivity index (χ1n) is 8.40. The van der Waals surface area contributed by atoms with Crippen LogP contribution in [0.2, 0.25) is 5.02 Å². The lowest BCUT2D eigenvalue weighted by Gasteiger charge is -2.11. The minimum absolute atomic E-state index is 0.0161. The van der Waals surface area contributed by atoms with E-state index in [0.29, 0.717) is 34.4 Å². The van der Waals surface area contributed by atoms with Gasteiger partial charge in [0.1, 0.15) is 5.82 Å². The molecule has 2 aromatic carbocycles. The van der Waals surface area contributed by atoms with Gasteiger partial charge in [-0.15, -0.1) is 0 Å². The van der Waals surface area contributed by atoms with Gasteiger partial charge in [-0.05, 0) is 48.9 Å². The van der Waals surface area contributed by atoms with Gasteiger partial charge in [-0.25, -0.2) is 4.39 Å². The molecule has 0 radical (unpaired) electrons. The summed E-state index contributed by atoms with van der Waals surface area (Å²) < 4.78 is 24.4. The Labute approximate surface area is 167 Å². The van der Waals surface area contributed by atoms with Crippen LogP contribution in [0.5, 0.6) is 11.5 Å². The van der Waals surface area contributed by atoms with E-state index in [0.717, 1.165) is 6.07 Å². The second-order valence-corrected chi connectivity index (χ2v) is 6.07. The number of nitrogens with one attached hydrogen (secondary N) is 2. The molecule has 0 aromatic heterocycles. The van der Waals surface area contributed by atoms with Gasteiger partial charge in [0.25, 0.3) is 0 Å². The van der Waals surface area contributed by atoms with Gasteiger partial charge in [-0.1, -0.05) is 11.6 Å². The van der Waals surface area contributed by atoms with E-state index in [2.05, 4.69) is 10.6 Å². The lowest BCUT2D eigenvalue weighted by Crippen LogP contribution is -2.10. The Morgan fingerprint density at radius 2 is 1.96 bits per heavy atom. The molecule has 2 amide bonds. The number of hydrogen-bond acceptors (Lipinski definition) is 4. The Bertz CT molecular complexity index is 915. The van der Waals surface area contributed by atoms with Crippen LogP contribution in [0.4, 0.5) is 15.8 Å². The largest absolute Gasteiger partial charge is 0.491 e. The fourth-order valence-corrected chi connectivity index (χ4v) is 2.69. The number of carbonyl (C=O) groups is 2. The molecule has 0 atom stereocenters. The SMILES string of the molecule is CCOc1cc(/C=C/C(=O)Nc2ccc(F)c(NC(C)=O)c2)cc(Cl)c1OC. The van der Waals surface area contributed by atoms with Crippen LogP contribution < -0.4 is 20.1 Å². The van der Waals surface area contributed by atoms with E-state index in [4.69, 9.17) is 21.1 Å². The number of hydrogen-bond donors (Lipinski definition) is 2. The maximum Gasteiger partial charge on any atom is 0.248 e. The summed E-state index contributed by atoms with van der Waals surface area (Å²) in [4.78, 5) is 23.3. The van der Waals surface area contributed by atoms with Crippen molar-refractivity contribution in [3.8, 4) is 11.5 Å². The smallest absolute Gasteiger partial charge is 0.248 e. The van der Waals surface area contributed by atoms with Crippen molar-refractivity contribution < 1.29 is 23.5 Å². The van der Waals surface area contributed by atoms with Gasteiger partial charge in [0.15, 0.2) is 11.5 Å². The van der Waals surface area contributed by atoms with Crippen LogP contribution in [-0.2, 0) is 9.59 Å². The molecule has 0 bridgehead atoms. The van der Waals surface area contributed by atoms with Crippen LogP contribution >= 0.6 is 11.6 Å². The molecule has 2 N–H and O–H groups in total. The van der Waals surface area contributed by atoms with Gasteiger partial charge >= 0.3 is 0 Å². The van der Waals surface area contributed by atoms with Gasteiger partial charge in [0.05, 0.1) is 24.4 Å². The molecular weight excluding hydrogens is 387 g/mol. The molecule has 0 saturated heterocycles. The fourth-order valence-electron chi connectivity index (χ4n) is 2.39. The van der Waals surface area contributed by atoms with Crippen LogP contribution in [0, 0.1) is 5.82 Å². The minimum atomic E-state index is -0.597. The number of anilines is 2. The number of halogens is 2. The second kappa shape index (κ2) is 9.75. The number of methoxy groups -OCH3 is 1. The summed E-state index contributed by atoms with van der Waals surface area (Å²) in [5.74, 6) is -0.563. The van der Waals surface area contributed by atoms with Gasteiger partial charge in [0, 0.05) is 18.7 Å². The van der Waals surface area contributed by atoms with Crippen LogP contribution in [0.25, 0.3) is 6.08 Å². The molecule has 0 aliphatic heterocycles. The Hall–Kier alpha value is -3.06. The molecular formula is C20H20ClFN2O4.